The van der Waals surface area contributed by atoms with Gasteiger partial charge in [0.1, 0.15) is 23.5 Å². The third kappa shape index (κ3) is 3.53. The van der Waals surface area contributed by atoms with Crippen molar-refractivity contribution < 1.29 is 14.3 Å². The largest absolute Gasteiger partial charge is 0.463 e. The van der Waals surface area contributed by atoms with Crippen molar-refractivity contribution in [3.05, 3.63) is 51.9 Å². The average Bonchev–Trinajstić information content (AvgIpc) is 3.24. The Hall–Kier alpha value is -2.53. The number of nitrogens with zero attached hydrogens (tertiary/aromatic N) is 2. The van der Waals surface area contributed by atoms with Crippen LogP contribution < -0.4 is 10.7 Å². The second-order valence-electron chi connectivity index (χ2n) is 5.75. The quantitative estimate of drug-likeness (QED) is 0.534. The number of furan rings is 1. The summed E-state index contributed by atoms with van der Waals surface area (Å²) in [6, 6.07) is 8.31. The second kappa shape index (κ2) is 7.38. The molecule has 134 valence electrons. The summed E-state index contributed by atoms with van der Waals surface area (Å²) in [7, 11) is 0. The molecule has 1 atom stereocenters. The number of hydrogen-bond acceptors (Lipinski definition) is 6. The molecule has 0 radical (unpaired) electrons. The highest BCUT2D eigenvalue weighted by Gasteiger charge is 2.41. The second-order valence-corrected chi connectivity index (χ2v) is 6.56. The number of fused-ring (bicyclic) bond motifs is 1. The Bertz CT molecular complexity index is 905. The van der Waals surface area contributed by atoms with Crippen LogP contribution in [-0.4, -0.2) is 23.3 Å². The molecule has 1 aromatic carbocycles. The minimum Gasteiger partial charge on any atom is -0.463 e. The Balaban J connectivity index is 1.94. The highest BCUT2D eigenvalue weighted by Crippen LogP contribution is 2.45. The van der Waals surface area contributed by atoms with Crippen molar-refractivity contribution in [3.63, 3.8) is 0 Å². The first kappa shape index (κ1) is 18.3. The zero-order valence-electron chi connectivity index (χ0n) is 13.4. The number of anilines is 1. The van der Waals surface area contributed by atoms with Gasteiger partial charge in [0.05, 0.1) is 23.0 Å². The molecule has 1 aliphatic rings. The Kier molecular flexibility index (Phi) is 5.18. The van der Waals surface area contributed by atoms with Gasteiger partial charge in [-0.3, -0.25) is 4.79 Å². The van der Waals surface area contributed by atoms with E-state index in [1.165, 1.54) is 6.26 Å². The monoisotopic (exact) mass is 392 g/mol. The van der Waals surface area contributed by atoms with Crippen molar-refractivity contribution >= 4 is 40.5 Å². The Labute approximate surface area is 159 Å². The molecule has 2 aromatic rings. The molecule has 0 fully saturated rings. The van der Waals surface area contributed by atoms with E-state index in [0.717, 1.165) is 0 Å². The van der Waals surface area contributed by atoms with E-state index >= 15 is 0 Å². The van der Waals surface area contributed by atoms with Crippen LogP contribution in [0.4, 0.5) is 5.69 Å². The van der Waals surface area contributed by atoms with Crippen molar-refractivity contribution in [1.29, 1.82) is 5.26 Å². The highest BCUT2D eigenvalue weighted by molar-refractivity contribution is 6.36. The maximum absolute atomic E-state index is 11.5. The number of amides is 1. The van der Waals surface area contributed by atoms with Crippen molar-refractivity contribution in [2.24, 2.45) is 5.10 Å². The number of rotatable bonds is 5. The number of halogens is 2. The third-order valence-corrected chi connectivity index (χ3v) is 4.58. The molecule has 3 rings (SSSR count). The molecule has 7 nitrogen and oxygen atoms in total. The smallest absolute Gasteiger partial charge is 0.254 e. The Morgan fingerprint density at radius 2 is 2.19 bits per heavy atom. The van der Waals surface area contributed by atoms with Gasteiger partial charge in [0.15, 0.2) is 0 Å². The van der Waals surface area contributed by atoms with Gasteiger partial charge in [0.25, 0.3) is 5.91 Å². The summed E-state index contributed by atoms with van der Waals surface area (Å²) in [5.74, 6) is -0.183. The van der Waals surface area contributed by atoms with Crippen LogP contribution in [0.3, 0.4) is 0 Å². The average molecular weight is 393 g/mol. The van der Waals surface area contributed by atoms with E-state index in [2.05, 4.69) is 15.8 Å². The lowest BCUT2D eigenvalue weighted by molar-refractivity contribution is -0.120. The number of hydrazone groups is 1. The number of benzene rings is 1. The molecule has 9 heteroatoms. The van der Waals surface area contributed by atoms with E-state index < -0.39 is 11.5 Å². The fourth-order valence-electron chi connectivity index (χ4n) is 2.80. The summed E-state index contributed by atoms with van der Waals surface area (Å²) in [4.78, 5) is 11.5. The molecule has 0 spiro atoms. The third-order valence-electron chi connectivity index (χ3n) is 3.95. The number of carbonyl (C=O) groups excluding carboxylic acids is 1. The van der Waals surface area contributed by atoms with E-state index in [9.17, 15) is 9.90 Å². The van der Waals surface area contributed by atoms with Crippen molar-refractivity contribution in [2.45, 2.75) is 18.4 Å². The van der Waals surface area contributed by atoms with Crippen molar-refractivity contribution in [2.75, 3.05) is 11.9 Å². The van der Waals surface area contributed by atoms with Crippen LogP contribution in [0.1, 0.15) is 24.2 Å². The van der Waals surface area contributed by atoms with Gasteiger partial charge < -0.3 is 14.8 Å². The van der Waals surface area contributed by atoms with Gasteiger partial charge in [-0.05, 0) is 24.3 Å². The molecule has 26 heavy (non-hydrogen) atoms. The molecular formula is C17H14Cl2N4O3. The lowest BCUT2D eigenvalue weighted by atomic mass is 9.89. The number of β-amino-alcohol motifs (C(OH)–C–C–N with tert-alkyl or cyclic N) is 1. The molecule has 2 heterocycles. The predicted octanol–water partition coefficient (Wildman–Crippen LogP) is 3.02. The lowest BCUT2D eigenvalue weighted by Gasteiger charge is -2.24. The molecule has 1 amide bonds. The van der Waals surface area contributed by atoms with Gasteiger partial charge in [-0.25, -0.2) is 5.43 Å². The van der Waals surface area contributed by atoms with Gasteiger partial charge in [-0.15, -0.1) is 0 Å². The molecule has 1 aliphatic heterocycles. The fraction of sp³-hybridized carbons (Fsp3) is 0.235. The summed E-state index contributed by atoms with van der Waals surface area (Å²) in [5, 5.41) is 27.7. The van der Waals surface area contributed by atoms with Crippen molar-refractivity contribution in [1.82, 2.24) is 5.43 Å². The molecule has 0 saturated carbocycles. The van der Waals surface area contributed by atoms with E-state index in [4.69, 9.17) is 32.9 Å². The first-order valence-corrected chi connectivity index (χ1v) is 8.41. The predicted molar refractivity (Wildman–Crippen MR) is 97.1 cm³/mol. The number of nitriles is 1. The zero-order valence-corrected chi connectivity index (χ0v) is 14.9. The summed E-state index contributed by atoms with van der Waals surface area (Å²) in [6.45, 7) is 0.164. The minimum atomic E-state index is -1.40. The van der Waals surface area contributed by atoms with Crippen molar-refractivity contribution in [3.8, 4) is 6.07 Å². The highest BCUT2D eigenvalue weighted by atomic mass is 35.5. The molecule has 0 bridgehead atoms. The molecule has 0 unspecified atom stereocenters. The van der Waals surface area contributed by atoms with E-state index in [-0.39, 0.29) is 19.4 Å². The number of aliphatic hydroxyl groups is 1. The molecule has 0 aliphatic carbocycles. The maximum Gasteiger partial charge on any atom is 0.254 e. The maximum atomic E-state index is 11.5. The number of carbonyl (C=O) groups is 1. The van der Waals surface area contributed by atoms with E-state index in [1.54, 1.807) is 30.3 Å². The molecule has 1 aromatic heterocycles. The van der Waals surface area contributed by atoms with Gasteiger partial charge in [-0.2, -0.15) is 10.4 Å². The van der Waals surface area contributed by atoms with Gasteiger partial charge >= 0.3 is 0 Å². The Morgan fingerprint density at radius 1 is 1.42 bits per heavy atom. The fourth-order valence-corrected chi connectivity index (χ4v) is 3.35. The lowest BCUT2D eigenvalue weighted by Crippen LogP contribution is -2.32. The van der Waals surface area contributed by atoms with Crippen LogP contribution in [0.5, 0.6) is 0 Å². The topological polar surface area (TPSA) is 111 Å². The van der Waals surface area contributed by atoms with Crippen LogP contribution in [0.25, 0.3) is 0 Å². The Morgan fingerprint density at radius 3 is 2.88 bits per heavy atom. The van der Waals surface area contributed by atoms with Gasteiger partial charge in [0.2, 0.25) is 0 Å². The number of nitrogens with one attached hydrogen (secondary N) is 2. The first-order chi connectivity index (χ1) is 12.4. The minimum absolute atomic E-state index is 0.00735. The van der Waals surface area contributed by atoms with Gasteiger partial charge in [-0.1, -0.05) is 23.2 Å². The standard InChI is InChI=1S/C17H14Cl2N4O3/c18-10-3-4-11(19)16-15(10)17(25,9-21-16)8-12(13-2-1-7-26-13)22-23-14(24)5-6-20/h1-4,7,21,25H,5,8-9H2,(H,23,24)/b22-12+/t17-/m0/s1. The van der Waals surface area contributed by atoms with E-state index in [0.29, 0.717) is 32.8 Å². The molecule has 3 N–H and O–H groups in total. The van der Waals surface area contributed by atoms with Crippen LogP contribution in [-0.2, 0) is 10.4 Å². The van der Waals surface area contributed by atoms with Gasteiger partial charge in [0, 0.05) is 23.6 Å². The summed E-state index contributed by atoms with van der Waals surface area (Å²) in [6.07, 6.45) is 1.13. The SMILES string of the molecule is N#CCC(=O)N/N=C(\C[C@]1(O)CNc2c(Cl)ccc(Cl)c21)c1ccco1. The van der Waals surface area contributed by atoms with E-state index in [1.807, 2.05) is 0 Å². The first-order valence-electron chi connectivity index (χ1n) is 7.65. The summed E-state index contributed by atoms with van der Waals surface area (Å²) >= 11 is 12.4. The van der Waals surface area contributed by atoms with Crippen LogP contribution in [0.15, 0.2) is 40.0 Å². The van der Waals surface area contributed by atoms with Crippen LogP contribution in [0.2, 0.25) is 10.0 Å². The van der Waals surface area contributed by atoms with Crippen LogP contribution >= 0.6 is 23.2 Å². The van der Waals surface area contributed by atoms with Crippen LogP contribution in [0, 0.1) is 11.3 Å². The summed E-state index contributed by atoms with van der Waals surface area (Å²) in [5.41, 5.74) is 2.22. The number of hydrogen-bond donors (Lipinski definition) is 3. The normalized spacial score (nSPS) is 18.8. The zero-order chi connectivity index (χ0) is 18.7. The molecule has 0 saturated heterocycles. The summed E-state index contributed by atoms with van der Waals surface area (Å²) < 4.78 is 5.35. The molecular weight excluding hydrogens is 379 g/mol.